The number of nitrogens with zero attached hydrogens (tertiary/aromatic N) is 2. The van der Waals surface area contributed by atoms with E-state index in [2.05, 4.69) is 25.8 Å². The van der Waals surface area contributed by atoms with Crippen LogP contribution in [0.2, 0.25) is 0 Å². The molecule has 3 heterocycles. The van der Waals surface area contributed by atoms with Crippen molar-refractivity contribution in [3.8, 4) is 0 Å². The first kappa shape index (κ1) is 20.2. The van der Waals surface area contributed by atoms with Gasteiger partial charge in [-0.05, 0) is 24.5 Å². The highest BCUT2D eigenvalue weighted by Crippen LogP contribution is 2.25. The average Bonchev–Trinajstić information content (AvgIpc) is 3.11. The summed E-state index contributed by atoms with van der Waals surface area (Å²) in [7, 11) is 1.47. The van der Waals surface area contributed by atoms with E-state index in [0.717, 1.165) is 5.56 Å². The summed E-state index contributed by atoms with van der Waals surface area (Å²) in [6.45, 7) is 1.58. The predicted octanol–water partition coefficient (Wildman–Crippen LogP) is -0.818. The van der Waals surface area contributed by atoms with Gasteiger partial charge in [-0.25, -0.2) is 0 Å². The second-order valence-corrected chi connectivity index (χ2v) is 7.22. The van der Waals surface area contributed by atoms with Crippen LogP contribution < -0.4 is 16.0 Å². The standard InChI is InChI=1S/C19H27N5O4/c1-28-12-18(26)23-14-7-16-19(27)22-10-15(24(16)11-14)4-5-17(25)21-9-13-3-2-6-20-8-13/h2-3,6,8,14-16H,4-5,7,9-12H2,1H3,(H,21,25)(H,22,27)(H,23,26)/t14-,15+,16-/m0/s1. The Bertz CT molecular complexity index is 699. The van der Waals surface area contributed by atoms with Gasteiger partial charge in [-0.1, -0.05) is 6.07 Å². The Labute approximate surface area is 164 Å². The molecule has 0 unspecified atom stereocenters. The Hall–Kier alpha value is -2.52. The summed E-state index contributed by atoms with van der Waals surface area (Å²) in [6, 6.07) is 3.48. The maximum absolute atomic E-state index is 12.2. The van der Waals surface area contributed by atoms with Crippen molar-refractivity contribution in [2.75, 3.05) is 26.8 Å². The molecule has 3 N–H and O–H groups in total. The molecule has 1 aromatic heterocycles. The molecule has 0 aliphatic carbocycles. The van der Waals surface area contributed by atoms with Gasteiger partial charge in [0.05, 0.1) is 6.04 Å². The van der Waals surface area contributed by atoms with Crippen LogP contribution >= 0.6 is 0 Å². The Morgan fingerprint density at radius 1 is 1.39 bits per heavy atom. The Morgan fingerprint density at radius 2 is 2.25 bits per heavy atom. The maximum atomic E-state index is 12.2. The number of piperazine rings is 1. The number of rotatable bonds is 8. The Morgan fingerprint density at radius 3 is 3.00 bits per heavy atom. The van der Waals surface area contributed by atoms with E-state index in [0.29, 0.717) is 38.9 Å². The number of hydrogen-bond donors (Lipinski definition) is 3. The molecule has 0 bridgehead atoms. The van der Waals surface area contributed by atoms with Crippen LogP contribution in [0.3, 0.4) is 0 Å². The van der Waals surface area contributed by atoms with Crippen molar-refractivity contribution in [3.63, 3.8) is 0 Å². The van der Waals surface area contributed by atoms with Crippen molar-refractivity contribution in [3.05, 3.63) is 30.1 Å². The molecule has 0 aromatic carbocycles. The number of hydrogen-bond acceptors (Lipinski definition) is 6. The minimum Gasteiger partial charge on any atom is -0.375 e. The Kier molecular flexibility index (Phi) is 6.94. The summed E-state index contributed by atoms with van der Waals surface area (Å²) in [5.74, 6) is -0.221. The van der Waals surface area contributed by atoms with Gasteiger partial charge in [-0.2, -0.15) is 0 Å². The number of aromatic nitrogens is 1. The van der Waals surface area contributed by atoms with Crippen LogP contribution in [0, 0.1) is 0 Å². The lowest BCUT2D eigenvalue weighted by atomic mass is 10.0. The highest BCUT2D eigenvalue weighted by molar-refractivity contribution is 5.84. The second-order valence-electron chi connectivity index (χ2n) is 7.22. The third kappa shape index (κ3) is 5.26. The molecule has 2 saturated heterocycles. The first-order valence-corrected chi connectivity index (χ1v) is 9.54. The summed E-state index contributed by atoms with van der Waals surface area (Å²) in [6.07, 6.45) is 5.02. The van der Waals surface area contributed by atoms with Gasteiger partial charge in [0.1, 0.15) is 6.61 Å². The van der Waals surface area contributed by atoms with Crippen LogP contribution in [0.15, 0.2) is 24.5 Å². The smallest absolute Gasteiger partial charge is 0.246 e. The number of fused-ring (bicyclic) bond motifs is 1. The van der Waals surface area contributed by atoms with Crippen LogP contribution in [-0.2, 0) is 25.7 Å². The van der Waals surface area contributed by atoms with E-state index in [1.165, 1.54) is 7.11 Å². The quantitative estimate of drug-likeness (QED) is 0.536. The molecule has 3 amide bonds. The summed E-state index contributed by atoms with van der Waals surface area (Å²) in [4.78, 5) is 42.3. The first-order valence-electron chi connectivity index (χ1n) is 9.54. The van der Waals surface area contributed by atoms with Gasteiger partial charge in [0, 0.05) is 57.6 Å². The summed E-state index contributed by atoms with van der Waals surface area (Å²) in [5, 5.41) is 8.74. The predicted molar refractivity (Wildman–Crippen MR) is 101 cm³/mol. The van der Waals surface area contributed by atoms with E-state index in [1.807, 2.05) is 12.1 Å². The Balaban J connectivity index is 1.48. The molecule has 2 fully saturated rings. The lowest BCUT2D eigenvalue weighted by Crippen LogP contribution is -2.58. The van der Waals surface area contributed by atoms with E-state index in [1.54, 1.807) is 12.4 Å². The SMILES string of the molecule is COCC(=O)N[C@H]1C[C@H]2C(=O)NC[C@@H](CCC(=O)NCc3cccnc3)N2C1. The molecule has 2 aliphatic heterocycles. The van der Waals surface area contributed by atoms with E-state index in [4.69, 9.17) is 4.74 Å². The molecular weight excluding hydrogens is 362 g/mol. The molecule has 3 rings (SSSR count). The van der Waals surface area contributed by atoms with Crippen molar-refractivity contribution < 1.29 is 19.1 Å². The molecule has 1 aromatic rings. The van der Waals surface area contributed by atoms with Gasteiger partial charge in [0.2, 0.25) is 17.7 Å². The fourth-order valence-electron chi connectivity index (χ4n) is 3.84. The maximum Gasteiger partial charge on any atom is 0.246 e. The molecule has 9 nitrogen and oxygen atoms in total. The molecule has 28 heavy (non-hydrogen) atoms. The molecular formula is C19H27N5O4. The normalized spacial score (nSPS) is 24.3. The average molecular weight is 389 g/mol. The van der Waals surface area contributed by atoms with Crippen LogP contribution in [0.25, 0.3) is 0 Å². The van der Waals surface area contributed by atoms with Crippen LogP contribution in [-0.4, -0.2) is 72.5 Å². The van der Waals surface area contributed by atoms with Gasteiger partial charge in [-0.3, -0.25) is 24.3 Å². The monoisotopic (exact) mass is 389 g/mol. The molecule has 0 saturated carbocycles. The molecule has 0 radical (unpaired) electrons. The molecule has 152 valence electrons. The minimum atomic E-state index is -0.259. The highest BCUT2D eigenvalue weighted by atomic mass is 16.5. The van der Waals surface area contributed by atoms with Crippen molar-refractivity contribution >= 4 is 17.7 Å². The number of carbonyl (C=O) groups is 3. The van der Waals surface area contributed by atoms with E-state index < -0.39 is 0 Å². The zero-order chi connectivity index (χ0) is 19.9. The fourth-order valence-corrected chi connectivity index (χ4v) is 3.84. The third-order valence-corrected chi connectivity index (χ3v) is 5.18. The molecule has 0 spiro atoms. The third-order valence-electron chi connectivity index (χ3n) is 5.18. The summed E-state index contributed by atoms with van der Waals surface area (Å²) < 4.78 is 4.84. The lowest BCUT2D eigenvalue weighted by Gasteiger charge is -2.37. The number of ether oxygens (including phenoxy) is 1. The topological polar surface area (TPSA) is 113 Å². The largest absolute Gasteiger partial charge is 0.375 e. The number of amides is 3. The van der Waals surface area contributed by atoms with Crippen molar-refractivity contribution in [2.45, 2.75) is 43.9 Å². The highest BCUT2D eigenvalue weighted by Gasteiger charge is 2.43. The zero-order valence-corrected chi connectivity index (χ0v) is 16.0. The summed E-state index contributed by atoms with van der Waals surface area (Å²) >= 11 is 0. The van der Waals surface area contributed by atoms with Gasteiger partial charge >= 0.3 is 0 Å². The van der Waals surface area contributed by atoms with Crippen molar-refractivity contribution in [1.29, 1.82) is 0 Å². The molecule has 2 aliphatic rings. The first-order chi connectivity index (χ1) is 13.6. The minimum absolute atomic E-state index is 0.00783. The van der Waals surface area contributed by atoms with Gasteiger partial charge in [0.15, 0.2) is 0 Å². The number of carbonyl (C=O) groups excluding carboxylic acids is 3. The fraction of sp³-hybridized carbons (Fsp3) is 0.579. The van der Waals surface area contributed by atoms with Crippen LogP contribution in [0.4, 0.5) is 0 Å². The van der Waals surface area contributed by atoms with Gasteiger partial charge in [0.25, 0.3) is 0 Å². The van der Waals surface area contributed by atoms with Crippen molar-refractivity contribution in [1.82, 2.24) is 25.8 Å². The van der Waals surface area contributed by atoms with Crippen LogP contribution in [0.5, 0.6) is 0 Å². The molecule has 9 heteroatoms. The van der Waals surface area contributed by atoms with Crippen molar-refractivity contribution in [2.24, 2.45) is 0 Å². The van der Waals surface area contributed by atoms with E-state index in [9.17, 15) is 14.4 Å². The number of nitrogens with one attached hydrogen (secondary N) is 3. The summed E-state index contributed by atoms with van der Waals surface area (Å²) in [5.41, 5.74) is 0.954. The van der Waals surface area contributed by atoms with Gasteiger partial charge < -0.3 is 20.7 Å². The molecule has 3 atom stereocenters. The second kappa shape index (κ2) is 9.61. The van der Waals surface area contributed by atoms with Crippen LogP contribution in [0.1, 0.15) is 24.8 Å². The zero-order valence-electron chi connectivity index (χ0n) is 16.0. The lowest BCUT2D eigenvalue weighted by molar-refractivity contribution is -0.129. The van der Waals surface area contributed by atoms with E-state index in [-0.39, 0.29) is 42.5 Å². The van der Waals surface area contributed by atoms with E-state index >= 15 is 0 Å². The number of pyridine rings is 1. The van der Waals surface area contributed by atoms with Gasteiger partial charge in [-0.15, -0.1) is 0 Å². The number of methoxy groups -OCH3 is 1.